The zero-order valence-electron chi connectivity index (χ0n) is 10.9. The van der Waals surface area contributed by atoms with Crippen LogP contribution in [0.2, 0.25) is 5.02 Å². The van der Waals surface area contributed by atoms with Crippen LogP contribution in [0.25, 0.3) is 0 Å². The first-order valence-electron chi connectivity index (χ1n) is 6.51. The Bertz CT molecular complexity index is 449. The Morgan fingerprint density at radius 1 is 1.28 bits per heavy atom. The molecule has 0 radical (unpaired) electrons. The fraction of sp³-hybridized carbons (Fsp3) is 0.533. The van der Waals surface area contributed by atoms with Gasteiger partial charge in [-0.25, -0.2) is 0 Å². The SMILES string of the molecule is CC1CCC(C)C(C#N)(Nc2ccc(Cl)cc2)C1. The summed E-state index contributed by atoms with van der Waals surface area (Å²) in [6.45, 7) is 4.39. The molecule has 0 aliphatic heterocycles. The summed E-state index contributed by atoms with van der Waals surface area (Å²) in [4.78, 5) is 0. The highest BCUT2D eigenvalue weighted by Gasteiger charge is 2.40. The number of nitrogens with zero attached hydrogens (tertiary/aromatic N) is 1. The Balaban J connectivity index is 2.22. The first kappa shape index (κ1) is 13.2. The van der Waals surface area contributed by atoms with Crippen LogP contribution >= 0.6 is 11.6 Å². The van der Waals surface area contributed by atoms with E-state index in [1.54, 1.807) is 0 Å². The molecule has 1 aromatic carbocycles. The van der Waals surface area contributed by atoms with Crippen LogP contribution < -0.4 is 5.32 Å². The normalized spacial score (nSPS) is 31.7. The number of hydrogen-bond donors (Lipinski definition) is 1. The van der Waals surface area contributed by atoms with Gasteiger partial charge in [-0.3, -0.25) is 0 Å². The van der Waals surface area contributed by atoms with E-state index in [2.05, 4.69) is 25.2 Å². The van der Waals surface area contributed by atoms with Crippen molar-refractivity contribution in [3.63, 3.8) is 0 Å². The van der Waals surface area contributed by atoms with Gasteiger partial charge in [-0.2, -0.15) is 5.26 Å². The summed E-state index contributed by atoms with van der Waals surface area (Å²) in [5.74, 6) is 0.968. The fourth-order valence-electron chi connectivity index (χ4n) is 2.78. The summed E-state index contributed by atoms with van der Waals surface area (Å²) in [6, 6.07) is 10.1. The third kappa shape index (κ3) is 2.62. The van der Waals surface area contributed by atoms with Crippen LogP contribution in [0.4, 0.5) is 5.69 Å². The summed E-state index contributed by atoms with van der Waals surface area (Å²) < 4.78 is 0. The van der Waals surface area contributed by atoms with E-state index in [9.17, 15) is 5.26 Å². The van der Waals surface area contributed by atoms with Gasteiger partial charge in [0, 0.05) is 10.7 Å². The zero-order chi connectivity index (χ0) is 13.2. The Morgan fingerprint density at radius 2 is 1.94 bits per heavy atom. The maximum atomic E-state index is 9.61. The summed E-state index contributed by atoms with van der Waals surface area (Å²) in [7, 11) is 0. The maximum Gasteiger partial charge on any atom is 0.128 e. The molecule has 0 bridgehead atoms. The van der Waals surface area contributed by atoms with Crippen LogP contribution in [0.1, 0.15) is 33.1 Å². The van der Waals surface area contributed by atoms with Crippen LogP contribution in [0.3, 0.4) is 0 Å². The van der Waals surface area contributed by atoms with Crippen LogP contribution in [-0.2, 0) is 0 Å². The molecule has 1 aliphatic carbocycles. The predicted octanol–water partition coefficient (Wildman–Crippen LogP) is 4.47. The van der Waals surface area contributed by atoms with Crippen molar-refractivity contribution in [2.24, 2.45) is 11.8 Å². The lowest BCUT2D eigenvalue weighted by atomic mass is 9.70. The monoisotopic (exact) mass is 262 g/mol. The quantitative estimate of drug-likeness (QED) is 0.854. The van der Waals surface area contributed by atoms with E-state index in [1.165, 1.54) is 6.42 Å². The Hall–Kier alpha value is -1.20. The van der Waals surface area contributed by atoms with E-state index >= 15 is 0 Å². The first-order chi connectivity index (χ1) is 8.55. The number of anilines is 1. The Morgan fingerprint density at radius 3 is 2.56 bits per heavy atom. The minimum absolute atomic E-state index is 0.370. The van der Waals surface area contributed by atoms with Crippen molar-refractivity contribution >= 4 is 17.3 Å². The van der Waals surface area contributed by atoms with E-state index in [1.807, 2.05) is 24.3 Å². The number of nitrogens with one attached hydrogen (secondary N) is 1. The lowest BCUT2D eigenvalue weighted by Gasteiger charge is -2.41. The van der Waals surface area contributed by atoms with Crippen LogP contribution in [0.5, 0.6) is 0 Å². The molecule has 0 aromatic heterocycles. The van der Waals surface area contributed by atoms with E-state index in [0.717, 1.165) is 23.6 Å². The summed E-state index contributed by atoms with van der Waals surface area (Å²) >= 11 is 5.88. The molecule has 1 aliphatic rings. The molecule has 1 fully saturated rings. The molecule has 2 rings (SSSR count). The van der Waals surface area contributed by atoms with Crippen molar-refractivity contribution in [3.8, 4) is 6.07 Å². The molecular formula is C15H19ClN2. The van der Waals surface area contributed by atoms with Gasteiger partial charge in [0.1, 0.15) is 5.54 Å². The van der Waals surface area contributed by atoms with Gasteiger partial charge >= 0.3 is 0 Å². The van der Waals surface area contributed by atoms with E-state index in [-0.39, 0.29) is 0 Å². The van der Waals surface area contributed by atoms with Gasteiger partial charge < -0.3 is 5.32 Å². The Labute approximate surface area is 114 Å². The molecule has 3 unspecified atom stereocenters. The first-order valence-corrected chi connectivity index (χ1v) is 6.88. The van der Waals surface area contributed by atoms with Gasteiger partial charge in [0.25, 0.3) is 0 Å². The second-order valence-electron chi connectivity index (χ2n) is 5.50. The van der Waals surface area contributed by atoms with Gasteiger partial charge in [-0.05, 0) is 48.9 Å². The van der Waals surface area contributed by atoms with E-state index in [4.69, 9.17) is 11.6 Å². The second-order valence-corrected chi connectivity index (χ2v) is 5.94. The average Bonchev–Trinajstić information content (AvgIpc) is 2.37. The van der Waals surface area contributed by atoms with Crippen molar-refractivity contribution < 1.29 is 0 Å². The topological polar surface area (TPSA) is 35.8 Å². The van der Waals surface area contributed by atoms with Gasteiger partial charge in [0.15, 0.2) is 0 Å². The van der Waals surface area contributed by atoms with Crippen molar-refractivity contribution in [3.05, 3.63) is 29.3 Å². The van der Waals surface area contributed by atoms with E-state index < -0.39 is 5.54 Å². The molecule has 2 nitrogen and oxygen atoms in total. The van der Waals surface area contributed by atoms with E-state index in [0.29, 0.717) is 11.8 Å². The zero-order valence-corrected chi connectivity index (χ0v) is 11.7. The molecule has 0 amide bonds. The van der Waals surface area contributed by atoms with Crippen LogP contribution in [0, 0.1) is 23.2 Å². The maximum absolute atomic E-state index is 9.61. The van der Waals surface area contributed by atoms with Gasteiger partial charge in [0.05, 0.1) is 6.07 Å². The number of hydrogen-bond acceptors (Lipinski definition) is 2. The molecule has 0 spiro atoms. The van der Waals surface area contributed by atoms with Gasteiger partial charge in [0.2, 0.25) is 0 Å². The minimum atomic E-state index is -0.439. The fourth-order valence-corrected chi connectivity index (χ4v) is 2.91. The summed E-state index contributed by atoms with van der Waals surface area (Å²) in [5.41, 5.74) is 0.535. The largest absolute Gasteiger partial charge is 0.367 e. The Kier molecular flexibility index (Phi) is 3.82. The highest BCUT2D eigenvalue weighted by molar-refractivity contribution is 6.30. The third-order valence-electron chi connectivity index (χ3n) is 4.02. The second kappa shape index (κ2) is 5.20. The number of nitriles is 1. The van der Waals surface area contributed by atoms with Crippen molar-refractivity contribution in [2.75, 3.05) is 5.32 Å². The standard InChI is InChI=1S/C15H19ClN2/c1-11-3-4-12(2)15(9-11,10-17)18-14-7-5-13(16)6-8-14/h5-8,11-12,18H,3-4,9H2,1-2H3. The molecule has 3 atom stereocenters. The number of benzene rings is 1. The smallest absolute Gasteiger partial charge is 0.128 e. The molecule has 1 N–H and O–H groups in total. The molecule has 0 saturated heterocycles. The number of halogens is 1. The lowest BCUT2D eigenvalue weighted by Crippen LogP contribution is -2.47. The summed E-state index contributed by atoms with van der Waals surface area (Å²) in [5, 5.41) is 13.8. The van der Waals surface area contributed by atoms with Crippen molar-refractivity contribution in [1.82, 2.24) is 0 Å². The highest BCUT2D eigenvalue weighted by atomic mass is 35.5. The van der Waals surface area contributed by atoms with Crippen LogP contribution in [0.15, 0.2) is 24.3 Å². The molecule has 3 heteroatoms. The van der Waals surface area contributed by atoms with Crippen molar-refractivity contribution in [1.29, 1.82) is 5.26 Å². The van der Waals surface area contributed by atoms with Crippen LogP contribution in [-0.4, -0.2) is 5.54 Å². The molecule has 96 valence electrons. The van der Waals surface area contributed by atoms with Crippen molar-refractivity contribution in [2.45, 2.75) is 38.6 Å². The number of rotatable bonds is 2. The molecule has 1 aromatic rings. The van der Waals surface area contributed by atoms with Gasteiger partial charge in [-0.15, -0.1) is 0 Å². The molecular weight excluding hydrogens is 244 g/mol. The predicted molar refractivity (Wildman–Crippen MR) is 75.6 cm³/mol. The average molecular weight is 263 g/mol. The van der Waals surface area contributed by atoms with Gasteiger partial charge in [-0.1, -0.05) is 31.9 Å². The lowest BCUT2D eigenvalue weighted by molar-refractivity contribution is 0.229. The molecule has 18 heavy (non-hydrogen) atoms. The molecule has 1 saturated carbocycles. The third-order valence-corrected chi connectivity index (χ3v) is 4.27. The molecule has 0 heterocycles. The highest BCUT2D eigenvalue weighted by Crippen LogP contribution is 2.39. The minimum Gasteiger partial charge on any atom is -0.367 e. The summed E-state index contributed by atoms with van der Waals surface area (Å²) in [6.07, 6.45) is 3.23.